The van der Waals surface area contributed by atoms with Crippen LogP contribution in [0, 0.1) is 17.3 Å². The van der Waals surface area contributed by atoms with E-state index in [1.807, 2.05) is 13.8 Å². The van der Waals surface area contributed by atoms with E-state index in [0.29, 0.717) is 0 Å². The smallest absolute Gasteiger partial charge is 0.0297 e. The molecule has 112 valence electrons. The summed E-state index contributed by atoms with van der Waals surface area (Å²) in [6.07, 6.45) is 11.6. The van der Waals surface area contributed by atoms with Crippen molar-refractivity contribution in [3.05, 3.63) is 0 Å². The molecule has 1 aliphatic carbocycles. The minimum atomic E-state index is 0. The monoisotopic (exact) mass is 256 g/mol. The Morgan fingerprint density at radius 3 is 1.89 bits per heavy atom. The third-order valence-electron chi connectivity index (χ3n) is 4.99. The predicted octanol–water partition coefficient (Wildman–Crippen LogP) is 7.08. The van der Waals surface area contributed by atoms with Crippen LogP contribution in [0.25, 0.3) is 0 Å². The molecule has 0 aromatic carbocycles. The maximum Gasteiger partial charge on any atom is -0.0297 e. The van der Waals surface area contributed by atoms with E-state index >= 15 is 0 Å². The van der Waals surface area contributed by atoms with Gasteiger partial charge in [-0.3, -0.25) is 0 Å². The van der Waals surface area contributed by atoms with Gasteiger partial charge < -0.3 is 0 Å². The Kier molecular flexibility index (Phi) is 12.3. The van der Waals surface area contributed by atoms with Crippen molar-refractivity contribution in [1.82, 2.24) is 0 Å². The van der Waals surface area contributed by atoms with E-state index < -0.39 is 0 Å². The molecule has 1 saturated carbocycles. The zero-order valence-electron chi connectivity index (χ0n) is 13.3. The number of rotatable bonds is 5. The highest BCUT2D eigenvalue weighted by atomic mass is 14.4. The summed E-state index contributed by atoms with van der Waals surface area (Å²) in [7, 11) is 0. The van der Waals surface area contributed by atoms with Crippen LogP contribution in [-0.2, 0) is 0 Å². The lowest BCUT2D eigenvalue weighted by Crippen LogP contribution is -2.33. The van der Waals surface area contributed by atoms with Crippen molar-refractivity contribution in [3.63, 3.8) is 0 Å². The van der Waals surface area contributed by atoms with Gasteiger partial charge in [0.15, 0.2) is 0 Å². The first-order valence-corrected chi connectivity index (χ1v) is 8.21. The Morgan fingerprint density at radius 2 is 1.50 bits per heavy atom. The second-order valence-electron chi connectivity index (χ2n) is 5.68. The lowest BCUT2D eigenvalue weighted by molar-refractivity contribution is 0.0688. The SMILES string of the molecule is C.CC.CCCC1(CC)CCC(CC)C(CC)C1. The van der Waals surface area contributed by atoms with E-state index in [0.717, 1.165) is 17.3 Å². The van der Waals surface area contributed by atoms with Crippen LogP contribution in [0.5, 0.6) is 0 Å². The molecule has 3 unspecified atom stereocenters. The molecule has 0 nitrogen and oxygen atoms in total. The minimum absolute atomic E-state index is 0. The molecule has 0 N–H and O–H groups in total. The van der Waals surface area contributed by atoms with Gasteiger partial charge in [0.2, 0.25) is 0 Å². The van der Waals surface area contributed by atoms with Gasteiger partial charge in [-0.2, -0.15) is 0 Å². The summed E-state index contributed by atoms with van der Waals surface area (Å²) in [6.45, 7) is 13.5. The normalized spacial score (nSPS) is 31.0. The first kappa shape index (κ1) is 20.3. The predicted molar refractivity (Wildman–Crippen MR) is 87.1 cm³/mol. The van der Waals surface area contributed by atoms with Gasteiger partial charge in [-0.15, -0.1) is 0 Å². The zero-order valence-corrected chi connectivity index (χ0v) is 13.3. The van der Waals surface area contributed by atoms with Gasteiger partial charge >= 0.3 is 0 Å². The van der Waals surface area contributed by atoms with Crippen LogP contribution in [0.2, 0.25) is 0 Å². The largest absolute Gasteiger partial charge is 0.0776 e. The van der Waals surface area contributed by atoms with Gasteiger partial charge in [-0.1, -0.05) is 74.7 Å². The van der Waals surface area contributed by atoms with E-state index in [2.05, 4.69) is 27.7 Å². The topological polar surface area (TPSA) is 0 Å². The Bertz CT molecular complexity index is 173. The van der Waals surface area contributed by atoms with E-state index in [4.69, 9.17) is 0 Å². The van der Waals surface area contributed by atoms with Gasteiger partial charge in [0.05, 0.1) is 0 Å². The highest BCUT2D eigenvalue weighted by Crippen LogP contribution is 2.49. The van der Waals surface area contributed by atoms with Crippen molar-refractivity contribution in [3.8, 4) is 0 Å². The molecule has 0 saturated heterocycles. The van der Waals surface area contributed by atoms with Crippen molar-refractivity contribution in [2.45, 2.75) is 100 Å². The van der Waals surface area contributed by atoms with Crippen LogP contribution in [0.15, 0.2) is 0 Å². The van der Waals surface area contributed by atoms with Crippen LogP contribution in [-0.4, -0.2) is 0 Å². The molecular formula is C18H40. The molecule has 0 aliphatic heterocycles. The molecule has 0 spiro atoms. The molecule has 0 aromatic rings. The molecule has 1 rings (SSSR count). The van der Waals surface area contributed by atoms with E-state index in [1.165, 1.54) is 51.4 Å². The van der Waals surface area contributed by atoms with Crippen molar-refractivity contribution in [1.29, 1.82) is 0 Å². The summed E-state index contributed by atoms with van der Waals surface area (Å²) in [5.74, 6) is 2.06. The van der Waals surface area contributed by atoms with Gasteiger partial charge in [0.1, 0.15) is 0 Å². The molecule has 0 amide bonds. The van der Waals surface area contributed by atoms with Crippen LogP contribution < -0.4 is 0 Å². The number of hydrogen-bond acceptors (Lipinski definition) is 0. The van der Waals surface area contributed by atoms with Crippen molar-refractivity contribution in [2.75, 3.05) is 0 Å². The lowest BCUT2D eigenvalue weighted by atomic mass is 9.61. The average molecular weight is 257 g/mol. The second-order valence-corrected chi connectivity index (χ2v) is 5.68. The third kappa shape index (κ3) is 5.33. The maximum atomic E-state index is 2.41. The molecule has 1 fully saturated rings. The fourth-order valence-electron chi connectivity index (χ4n) is 3.82. The van der Waals surface area contributed by atoms with Crippen LogP contribution in [0.3, 0.4) is 0 Å². The quantitative estimate of drug-likeness (QED) is 0.493. The van der Waals surface area contributed by atoms with Crippen LogP contribution in [0.1, 0.15) is 100 Å². The summed E-state index contributed by atoms with van der Waals surface area (Å²) in [5.41, 5.74) is 0.723. The molecule has 18 heavy (non-hydrogen) atoms. The van der Waals surface area contributed by atoms with Crippen LogP contribution >= 0.6 is 0 Å². The summed E-state index contributed by atoms with van der Waals surface area (Å²) in [6, 6.07) is 0. The first-order chi connectivity index (χ1) is 8.21. The van der Waals surface area contributed by atoms with E-state index in [9.17, 15) is 0 Å². The molecule has 0 heteroatoms. The average Bonchev–Trinajstić information content (AvgIpc) is 2.41. The van der Waals surface area contributed by atoms with E-state index in [-0.39, 0.29) is 7.43 Å². The van der Waals surface area contributed by atoms with Crippen LogP contribution in [0.4, 0.5) is 0 Å². The standard InChI is InChI=1S/C15H30.C2H6.CH4/c1-5-10-15(8-4)11-9-13(6-2)14(7-3)12-15;1-2;/h13-14H,5-12H2,1-4H3;1-2H3;1H4. The van der Waals surface area contributed by atoms with Crippen molar-refractivity contribution in [2.24, 2.45) is 17.3 Å². The van der Waals surface area contributed by atoms with Gasteiger partial charge in [0.25, 0.3) is 0 Å². The van der Waals surface area contributed by atoms with E-state index in [1.54, 1.807) is 0 Å². The Labute approximate surface area is 118 Å². The summed E-state index contributed by atoms with van der Waals surface area (Å²) in [5, 5.41) is 0. The summed E-state index contributed by atoms with van der Waals surface area (Å²) >= 11 is 0. The van der Waals surface area contributed by atoms with Gasteiger partial charge in [-0.25, -0.2) is 0 Å². The molecule has 0 radical (unpaired) electrons. The minimum Gasteiger partial charge on any atom is -0.0776 e. The number of hydrogen-bond donors (Lipinski definition) is 0. The molecule has 1 aliphatic rings. The van der Waals surface area contributed by atoms with Crippen molar-refractivity contribution < 1.29 is 0 Å². The fraction of sp³-hybridized carbons (Fsp3) is 1.00. The Morgan fingerprint density at radius 1 is 0.944 bits per heavy atom. The molecule has 0 aromatic heterocycles. The van der Waals surface area contributed by atoms with Gasteiger partial charge in [-0.05, 0) is 42.9 Å². The summed E-state index contributed by atoms with van der Waals surface area (Å²) in [4.78, 5) is 0. The third-order valence-corrected chi connectivity index (χ3v) is 4.99. The lowest BCUT2D eigenvalue weighted by Gasteiger charge is -2.44. The maximum absolute atomic E-state index is 2.41. The Balaban J connectivity index is 0. The molecule has 3 atom stereocenters. The second kappa shape index (κ2) is 10.9. The molecule has 0 bridgehead atoms. The first-order valence-electron chi connectivity index (χ1n) is 8.21. The molecular weight excluding hydrogens is 216 g/mol. The zero-order chi connectivity index (χ0) is 13.3. The summed E-state index contributed by atoms with van der Waals surface area (Å²) < 4.78 is 0. The van der Waals surface area contributed by atoms with Gasteiger partial charge in [0, 0.05) is 0 Å². The Hall–Kier alpha value is 0. The fourth-order valence-corrected chi connectivity index (χ4v) is 3.82. The highest BCUT2D eigenvalue weighted by molar-refractivity contribution is 4.88. The highest BCUT2D eigenvalue weighted by Gasteiger charge is 2.37. The molecule has 0 heterocycles. The van der Waals surface area contributed by atoms with Crippen molar-refractivity contribution >= 4 is 0 Å².